The summed E-state index contributed by atoms with van der Waals surface area (Å²) >= 11 is 0. The Bertz CT molecular complexity index is 144. The van der Waals surface area contributed by atoms with Gasteiger partial charge in [0.15, 0.2) is 0 Å². The monoisotopic (exact) mass is 174 g/mol. The van der Waals surface area contributed by atoms with E-state index in [2.05, 4.69) is 20.8 Å². The predicted molar refractivity (Wildman–Crippen MR) is 47.6 cm³/mol. The van der Waals surface area contributed by atoms with Gasteiger partial charge in [0.25, 0.3) is 0 Å². The molecule has 3 unspecified atom stereocenters. The van der Waals surface area contributed by atoms with E-state index in [0.29, 0.717) is 11.8 Å². The van der Waals surface area contributed by atoms with Gasteiger partial charge in [-0.25, -0.2) is 4.39 Å². The van der Waals surface area contributed by atoms with Crippen molar-refractivity contribution >= 4 is 0 Å². The first kappa shape index (κ1) is 9.97. The zero-order chi connectivity index (χ0) is 9.30. The molecule has 0 saturated carbocycles. The highest BCUT2D eigenvalue weighted by Crippen LogP contribution is 2.36. The van der Waals surface area contributed by atoms with Gasteiger partial charge in [0.1, 0.15) is 0 Å². The lowest BCUT2D eigenvalue weighted by Crippen LogP contribution is -2.42. The van der Waals surface area contributed by atoms with E-state index in [-0.39, 0.29) is 12.0 Å². The number of halogens is 1. The number of ether oxygens (including phenoxy) is 1. The van der Waals surface area contributed by atoms with E-state index in [1.807, 2.05) is 6.92 Å². The number of hydrogen-bond acceptors (Lipinski definition) is 1. The molecular formula is C10H19FO. The molecule has 72 valence electrons. The molecule has 0 spiro atoms. The molecule has 1 aliphatic heterocycles. The highest BCUT2D eigenvalue weighted by Gasteiger charge is 2.37. The maximum atomic E-state index is 13.2. The molecule has 1 aliphatic rings. The van der Waals surface area contributed by atoms with Crippen LogP contribution in [-0.2, 0) is 4.74 Å². The first-order chi connectivity index (χ1) is 5.57. The van der Waals surface area contributed by atoms with Gasteiger partial charge in [0.05, 0.1) is 6.10 Å². The Morgan fingerprint density at radius 2 is 1.67 bits per heavy atom. The van der Waals surface area contributed by atoms with Gasteiger partial charge in [0.2, 0.25) is 6.36 Å². The molecule has 0 aromatic rings. The van der Waals surface area contributed by atoms with Crippen LogP contribution in [-0.4, -0.2) is 12.5 Å². The third kappa shape index (κ3) is 1.63. The van der Waals surface area contributed by atoms with Crippen LogP contribution >= 0.6 is 0 Å². The van der Waals surface area contributed by atoms with Crippen LogP contribution in [0.4, 0.5) is 4.39 Å². The predicted octanol–water partition coefficient (Wildman–Crippen LogP) is 3.00. The van der Waals surface area contributed by atoms with Crippen LogP contribution in [0.1, 0.15) is 34.1 Å². The lowest BCUT2D eigenvalue weighted by Gasteiger charge is -2.40. The van der Waals surface area contributed by atoms with Crippen molar-refractivity contribution in [3.63, 3.8) is 0 Å². The van der Waals surface area contributed by atoms with Crippen molar-refractivity contribution < 1.29 is 9.13 Å². The Hall–Kier alpha value is -0.110. The lowest BCUT2D eigenvalue weighted by atomic mass is 9.79. The van der Waals surface area contributed by atoms with Crippen LogP contribution < -0.4 is 0 Å². The van der Waals surface area contributed by atoms with E-state index in [9.17, 15) is 4.39 Å². The molecule has 0 N–H and O–H groups in total. The Balaban J connectivity index is 2.63. The smallest absolute Gasteiger partial charge is 0.201 e. The minimum Gasteiger partial charge on any atom is -0.344 e. The van der Waals surface area contributed by atoms with Crippen molar-refractivity contribution in [3.8, 4) is 0 Å². The lowest BCUT2D eigenvalue weighted by molar-refractivity contribution is -0.188. The average molecular weight is 174 g/mol. The fourth-order valence-corrected chi connectivity index (χ4v) is 1.94. The van der Waals surface area contributed by atoms with Crippen LogP contribution in [0.2, 0.25) is 0 Å². The van der Waals surface area contributed by atoms with Gasteiger partial charge in [-0.2, -0.15) is 0 Å². The quantitative estimate of drug-likeness (QED) is 0.593. The second-order valence-corrected chi connectivity index (χ2v) is 4.01. The Morgan fingerprint density at radius 1 is 1.08 bits per heavy atom. The first-order valence-electron chi connectivity index (χ1n) is 4.87. The molecule has 0 bridgehead atoms. The molecule has 2 heteroatoms. The van der Waals surface area contributed by atoms with Crippen molar-refractivity contribution in [2.45, 2.75) is 46.6 Å². The zero-order valence-electron chi connectivity index (χ0n) is 8.38. The third-order valence-electron chi connectivity index (χ3n) is 3.37. The summed E-state index contributed by atoms with van der Waals surface area (Å²) in [6.07, 6.45) is -0.0223. The van der Waals surface area contributed by atoms with Crippen molar-refractivity contribution in [3.05, 3.63) is 0 Å². The van der Waals surface area contributed by atoms with Crippen molar-refractivity contribution in [1.82, 2.24) is 0 Å². The second-order valence-electron chi connectivity index (χ2n) is 4.01. The van der Waals surface area contributed by atoms with Gasteiger partial charge in [-0.3, -0.25) is 0 Å². The molecule has 0 radical (unpaired) electrons. The number of rotatable bonds is 1. The average Bonchev–Trinajstić information content (AvgIpc) is 2.08. The van der Waals surface area contributed by atoms with Crippen LogP contribution in [0, 0.1) is 17.8 Å². The van der Waals surface area contributed by atoms with Crippen LogP contribution in [0.15, 0.2) is 0 Å². The molecule has 1 heterocycles. The second kappa shape index (κ2) is 3.73. The summed E-state index contributed by atoms with van der Waals surface area (Å²) in [7, 11) is 0. The number of alkyl halides is 1. The van der Waals surface area contributed by atoms with Crippen LogP contribution in [0.5, 0.6) is 0 Å². The molecule has 0 aromatic heterocycles. The third-order valence-corrected chi connectivity index (χ3v) is 3.37. The summed E-state index contributed by atoms with van der Waals surface area (Å²) in [6.45, 7) is 8.25. The van der Waals surface area contributed by atoms with Crippen molar-refractivity contribution in [1.29, 1.82) is 0 Å². The zero-order valence-corrected chi connectivity index (χ0v) is 8.38. The molecular weight excluding hydrogens is 155 g/mol. The van der Waals surface area contributed by atoms with E-state index in [1.165, 1.54) is 0 Å². The summed E-state index contributed by atoms with van der Waals surface area (Å²) in [5.41, 5.74) is 0. The van der Waals surface area contributed by atoms with E-state index in [0.717, 1.165) is 6.42 Å². The highest BCUT2D eigenvalue weighted by atomic mass is 19.1. The molecule has 5 atom stereocenters. The standard InChI is InChI=1S/C10H19FO/c1-5-9-7(3)6(2)8(4)10(11)12-9/h6-10H,5H2,1-4H3/t6-,7+,8?,9?,10?/m0/s1. The van der Waals surface area contributed by atoms with E-state index in [4.69, 9.17) is 4.74 Å². The molecule has 0 amide bonds. The molecule has 1 saturated heterocycles. The normalized spacial score (nSPS) is 49.2. The molecule has 1 rings (SSSR count). The van der Waals surface area contributed by atoms with E-state index >= 15 is 0 Å². The van der Waals surface area contributed by atoms with Gasteiger partial charge in [-0.1, -0.05) is 27.7 Å². The topological polar surface area (TPSA) is 9.23 Å². The molecule has 12 heavy (non-hydrogen) atoms. The molecule has 0 aromatic carbocycles. The summed E-state index contributed by atoms with van der Waals surface area (Å²) in [6, 6.07) is 0. The summed E-state index contributed by atoms with van der Waals surface area (Å²) in [5.74, 6) is 0.957. The number of hydrogen-bond donors (Lipinski definition) is 0. The Morgan fingerprint density at radius 3 is 2.17 bits per heavy atom. The van der Waals surface area contributed by atoms with E-state index < -0.39 is 6.36 Å². The van der Waals surface area contributed by atoms with E-state index in [1.54, 1.807) is 0 Å². The molecule has 1 nitrogen and oxygen atoms in total. The minimum absolute atomic E-state index is 0.0443. The first-order valence-corrected chi connectivity index (χ1v) is 4.87. The van der Waals surface area contributed by atoms with Gasteiger partial charge in [-0.15, -0.1) is 0 Å². The van der Waals surface area contributed by atoms with Crippen LogP contribution in [0.25, 0.3) is 0 Å². The van der Waals surface area contributed by atoms with Gasteiger partial charge >= 0.3 is 0 Å². The SMILES string of the molecule is CCC1OC(F)C(C)[C@@H](C)[C@H]1C. The summed E-state index contributed by atoms with van der Waals surface area (Å²) < 4.78 is 18.5. The maximum absolute atomic E-state index is 13.2. The van der Waals surface area contributed by atoms with Gasteiger partial charge < -0.3 is 4.74 Å². The largest absolute Gasteiger partial charge is 0.344 e. The van der Waals surface area contributed by atoms with Crippen LogP contribution in [0.3, 0.4) is 0 Å². The molecule has 1 fully saturated rings. The Kier molecular flexibility index (Phi) is 3.10. The minimum atomic E-state index is -1.05. The fraction of sp³-hybridized carbons (Fsp3) is 1.00. The summed E-state index contributed by atoms with van der Waals surface area (Å²) in [5, 5.41) is 0. The maximum Gasteiger partial charge on any atom is 0.201 e. The fourth-order valence-electron chi connectivity index (χ4n) is 1.94. The van der Waals surface area contributed by atoms with Gasteiger partial charge in [-0.05, 0) is 18.3 Å². The van der Waals surface area contributed by atoms with Crippen molar-refractivity contribution in [2.75, 3.05) is 0 Å². The molecule has 0 aliphatic carbocycles. The Labute approximate surface area is 74.3 Å². The summed E-state index contributed by atoms with van der Waals surface area (Å²) in [4.78, 5) is 0. The highest BCUT2D eigenvalue weighted by molar-refractivity contribution is 4.81. The van der Waals surface area contributed by atoms with Crippen molar-refractivity contribution in [2.24, 2.45) is 17.8 Å². The van der Waals surface area contributed by atoms with Gasteiger partial charge in [0, 0.05) is 5.92 Å².